The molecule has 1 aromatic heterocycles. The fourth-order valence-electron chi connectivity index (χ4n) is 1.67. The van der Waals surface area contributed by atoms with Crippen LogP contribution >= 0.6 is 23.2 Å². The third kappa shape index (κ3) is 5.23. The van der Waals surface area contributed by atoms with E-state index in [2.05, 4.69) is 0 Å². The number of carbonyl (C=O) groups is 1. The summed E-state index contributed by atoms with van der Waals surface area (Å²) in [4.78, 5) is 13.7. The molecule has 0 saturated heterocycles. The van der Waals surface area contributed by atoms with Crippen molar-refractivity contribution in [2.45, 2.75) is 12.8 Å². The van der Waals surface area contributed by atoms with Crippen LogP contribution in [0.2, 0.25) is 0 Å². The maximum absolute atomic E-state index is 12.0. The van der Waals surface area contributed by atoms with Gasteiger partial charge in [-0.05, 0) is 12.0 Å². The lowest BCUT2D eigenvalue weighted by Gasteiger charge is -2.20. The number of hydrogen-bond donors (Lipinski definition) is 0. The molecule has 1 heterocycles. The van der Waals surface area contributed by atoms with Crippen LogP contribution in [-0.2, 0) is 18.3 Å². The summed E-state index contributed by atoms with van der Waals surface area (Å²) in [5.41, 5.74) is 1.16. The van der Waals surface area contributed by atoms with E-state index in [4.69, 9.17) is 23.2 Å². The molecule has 18 heavy (non-hydrogen) atoms. The van der Waals surface area contributed by atoms with Gasteiger partial charge in [-0.25, -0.2) is 4.57 Å². The van der Waals surface area contributed by atoms with Gasteiger partial charge in [0.05, 0.1) is 0 Å². The van der Waals surface area contributed by atoms with Gasteiger partial charge in [-0.3, -0.25) is 4.79 Å². The molecule has 0 spiro atoms. The van der Waals surface area contributed by atoms with Gasteiger partial charge < -0.3 is 4.90 Å². The monoisotopic (exact) mass is 289 g/mol. The number of rotatable bonds is 7. The highest BCUT2D eigenvalue weighted by molar-refractivity contribution is 6.18. The highest BCUT2D eigenvalue weighted by Gasteiger charge is 2.12. The van der Waals surface area contributed by atoms with E-state index >= 15 is 0 Å². The van der Waals surface area contributed by atoms with Crippen molar-refractivity contribution in [3.05, 3.63) is 30.1 Å². The second kappa shape index (κ2) is 8.33. The van der Waals surface area contributed by atoms with Gasteiger partial charge >= 0.3 is 0 Å². The van der Waals surface area contributed by atoms with Crippen molar-refractivity contribution in [2.24, 2.45) is 7.05 Å². The van der Waals surface area contributed by atoms with E-state index in [0.29, 0.717) is 31.3 Å². The first kappa shape index (κ1) is 15.3. The van der Waals surface area contributed by atoms with Gasteiger partial charge in [-0.2, -0.15) is 0 Å². The quantitative estimate of drug-likeness (QED) is 0.554. The molecule has 0 saturated carbocycles. The summed E-state index contributed by atoms with van der Waals surface area (Å²) >= 11 is 11.3. The first-order valence-electron chi connectivity index (χ1n) is 6.01. The first-order valence-corrected chi connectivity index (χ1v) is 7.08. The van der Waals surface area contributed by atoms with E-state index in [1.807, 2.05) is 36.1 Å². The number of amides is 1. The molecular formula is C13H19Cl2N2O+. The summed E-state index contributed by atoms with van der Waals surface area (Å²) in [6.07, 6.45) is 5.21. The minimum Gasteiger partial charge on any atom is -0.340 e. The van der Waals surface area contributed by atoms with Gasteiger partial charge in [-0.1, -0.05) is 0 Å². The van der Waals surface area contributed by atoms with Gasteiger partial charge in [0.1, 0.15) is 7.05 Å². The molecule has 0 aliphatic rings. The molecule has 1 amide bonds. The van der Waals surface area contributed by atoms with Gasteiger partial charge in [-0.15, -0.1) is 23.2 Å². The first-order chi connectivity index (χ1) is 8.67. The molecule has 0 unspecified atom stereocenters. The van der Waals surface area contributed by atoms with E-state index in [0.717, 1.165) is 12.0 Å². The molecule has 3 nitrogen and oxygen atoms in total. The SMILES string of the molecule is C[n+]1ccc(CCC(=O)N(CCCl)CCCl)cc1. The van der Waals surface area contributed by atoms with Crippen molar-refractivity contribution in [3.8, 4) is 0 Å². The number of alkyl halides is 2. The summed E-state index contributed by atoms with van der Waals surface area (Å²) in [5, 5.41) is 0. The van der Waals surface area contributed by atoms with Crippen molar-refractivity contribution in [1.82, 2.24) is 4.90 Å². The maximum Gasteiger partial charge on any atom is 0.222 e. The number of pyridine rings is 1. The summed E-state index contributed by atoms with van der Waals surface area (Å²) in [5.74, 6) is 1.01. The summed E-state index contributed by atoms with van der Waals surface area (Å²) in [7, 11) is 1.97. The lowest BCUT2D eigenvalue weighted by Crippen LogP contribution is -2.34. The van der Waals surface area contributed by atoms with Crippen molar-refractivity contribution >= 4 is 29.1 Å². The van der Waals surface area contributed by atoms with Crippen molar-refractivity contribution in [1.29, 1.82) is 0 Å². The highest BCUT2D eigenvalue weighted by Crippen LogP contribution is 2.04. The zero-order chi connectivity index (χ0) is 13.4. The normalized spacial score (nSPS) is 10.4. The third-order valence-corrected chi connectivity index (χ3v) is 3.07. The number of aryl methyl sites for hydroxylation is 2. The topological polar surface area (TPSA) is 24.2 Å². The Hall–Kier alpha value is -0.800. The van der Waals surface area contributed by atoms with Crippen LogP contribution in [-0.4, -0.2) is 35.7 Å². The molecule has 0 fully saturated rings. The molecule has 0 N–H and O–H groups in total. The van der Waals surface area contributed by atoms with Crippen LogP contribution in [0, 0.1) is 0 Å². The van der Waals surface area contributed by atoms with Gasteiger partial charge in [0.15, 0.2) is 12.4 Å². The lowest BCUT2D eigenvalue weighted by atomic mass is 10.1. The fourth-order valence-corrected chi connectivity index (χ4v) is 2.08. The zero-order valence-corrected chi connectivity index (χ0v) is 12.1. The van der Waals surface area contributed by atoms with E-state index < -0.39 is 0 Å². The average molecular weight is 290 g/mol. The minimum atomic E-state index is 0.115. The molecule has 5 heteroatoms. The van der Waals surface area contributed by atoms with Gasteiger partial charge in [0.2, 0.25) is 5.91 Å². The number of aromatic nitrogens is 1. The zero-order valence-electron chi connectivity index (χ0n) is 10.6. The molecule has 0 aliphatic carbocycles. The predicted octanol–water partition coefficient (Wildman–Crippen LogP) is 1.75. The molecule has 100 valence electrons. The highest BCUT2D eigenvalue weighted by atomic mass is 35.5. The van der Waals surface area contributed by atoms with Crippen LogP contribution in [0.25, 0.3) is 0 Å². The standard InChI is InChI=1S/C13H19Cl2N2O/c1-16-8-4-12(5-9-16)2-3-13(18)17(10-6-14)11-7-15/h4-5,8-9H,2-3,6-7,10-11H2,1H3/q+1. The third-order valence-electron chi connectivity index (χ3n) is 2.74. The second-order valence-corrected chi connectivity index (χ2v) is 4.89. The van der Waals surface area contributed by atoms with Crippen molar-refractivity contribution in [3.63, 3.8) is 0 Å². The van der Waals surface area contributed by atoms with Crippen LogP contribution in [0.1, 0.15) is 12.0 Å². The molecule has 0 aromatic carbocycles. The van der Waals surface area contributed by atoms with Gasteiger partial charge in [0.25, 0.3) is 0 Å². The molecule has 0 aliphatic heterocycles. The predicted molar refractivity (Wildman–Crippen MR) is 74.0 cm³/mol. The molecule has 1 rings (SSSR count). The smallest absolute Gasteiger partial charge is 0.222 e. The number of hydrogen-bond acceptors (Lipinski definition) is 1. The van der Waals surface area contributed by atoms with Crippen LogP contribution in [0.4, 0.5) is 0 Å². The number of halogens is 2. The summed E-state index contributed by atoms with van der Waals surface area (Å²) in [6, 6.07) is 4.06. The summed E-state index contributed by atoms with van der Waals surface area (Å²) < 4.78 is 1.97. The van der Waals surface area contributed by atoms with Crippen LogP contribution in [0.3, 0.4) is 0 Å². The Morgan fingerprint density at radius 1 is 1.22 bits per heavy atom. The largest absolute Gasteiger partial charge is 0.340 e. The maximum atomic E-state index is 12.0. The molecule has 0 radical (unpaired) electrons. The lowest BCUT2D eigenvalue weighted by molar-refractivity contribution is -0.671. The number of carbonyl (C=O) groups excluding carboxylic acids is 1. The van der Waals surface area contributed by atoms with E-state index in [-0.39, 0.29) is 5.91 Å². The van der Waals surface area contributed by atoms with Crippen LogP contribution < -0.4 is 4.57 Å². The second-order valence-electron chi connectivity index (χ2n) is 4.13. The van der Waals surface area contributed by atoms with Gasteiger partial charge in [0, 0.05) is 43.4 Å². The van der Waals surface area contributed by atoms with Crippen LogP contribution in [0.5, 0.6) is 0 Å². The Labute approximate surface area is 118 Å². The van der Waals surface area contributed by atoms with E-state index in [1.165, 1.54) is 0 Å². The van der Waals surface area contributed by atoms with Crippen molar-refractivity contribution < 1.29 is 9.36 Å². The molecular weight excluding hydrogens is 271 g/mol. The molecule has 0 atom stereocenters. The molecule has 1 aromatic rings. The average Bonchev–Trinajstić information content (AvgIpc) is 2.37. The number of nitrogens with zero attached hydrogens (tertiary/aromatic N) is 2. The Morgan fingerprint density at radius 2 is 1.78 bits per heavy atom. The minimum absolute atomic E-state index is 0.115. The molecule has 0 bridgehead atoms. The fraction of sp³-hybridized carbons (Fsp3) is 0.538. The van der Waals surface area contributed by atoms with E-state index in [9.17, 15) is 4.79 Å². The summed E-state index contributed by atoms with van der Waals surface area (Å²) in [6.45, 7) is 1.13. The Balaban J connectivity index is 2.45. The van der Waals surface area contributed by atoms with E-state index in [1.54, 1.807) is 4.90 Å². The van der Waals surface area contributed by atoms with Crippen molar-refractivity contribution in [2.75, 3.05) is 24.8 Å². The Bertz CT molecular complexity index is 362. The Morgan fingerprint density at radius 3 is 2.28 bits per heavy atom. The Kier molecular flexibility index (Phi) is 7.06. The van der Waals surface area contributed by atoms with Crippen LogP contribution in [0.15, 0.2) is 24.5 Å².